The Balaban J connectivity index is 3.54. The molecule has 0 spiro atoms. The summed E-state index contributed by atoms with van der Waals surface area (Å²) < 4.78 is 0. The van der Waals surface area contributed by atoms with Gasteiger partial charge in [-0.15, -0.1) is 0 Å². The molecule has 17 heavy (non-hydrogen) atoms. The highest BCUT2D eigenvalue weighted by molar-refractivity contribution is 6.24. The molecule has 0 aromatic carbocycles. The molecule has 5 heteroatoms. The number of nitrogens with one attached hydrogen (secondary N) is 3. The normalized spacial score (nSPS) is 10.2. The second-order valence-corrected chi connectivity index (χ2v) is 4.03. The molecule has 0 saturated heterocycles. The fourth-order valence-electron chi connectivity index (χ4n) is 1.60. The predicted molar refractivity (Wildman–Crippen MR) is 71.7 cm³/mol. The van der Waals surface area contributed by atoms with Gasteiger partial charge in [0.25, 0.3) is 5.91 Å². The minimum atomic E-state index is -0.179. The third kappa shape index (κ3) is 8.83. The second-order valence-electron chi connectivity index (χ2n) is 4.03. The Morgan fingerprint density at radius 3 is 2.53 bits per heavy atom. The largest absolute Gasteiger partial charge is 0.338 e. The van der Waals surface area contributed by atoms with Crippen molar-refractivity contribution in [1.82, 2.24) is 15.5 Å². The first kappa shape index (κ1) is 16.1. The van der Waals surface area contributed by atoms with E-state index in [4.69, 9.17) is 5.41 Å². The summed E-state index contributed by atoms with van der Waals surface area (Å²) >= 11 is 0. The smallest absolute Gasteiger partial charge is 0.264 e. The summed E-state index contributed by atoms with van der Waals surface area (Å²) in [7, 11) is 1.95. The van der Waals surface area contributed by atoms with E-state index in [-0.39, 0.29) is 5.91 Å². The van der Waals surface area contributed by atoms with Crippen molar-refractivity contribution < 1.29 is 4.79 Å². The van der Waals surface area contributed by atoms with Crippen LogP contribution in [0.2, 0.25) is 0 Å². The second kappa shape index (κ2) is 11.5. The van der Waals surface area contributed by atoms with Crippen molar-refractivity contribution in [3.05, 3.63) is 0 Å². The molecule has 0 aliphatic rings. The minimum absolute atomic E-state index is 0.179. The fourth-order valence-corrected chi connectivity index (χ4v) is 1.60. The average molecular weight is 242 g/mol. The molecule has 0 fully saturated rings. The van der Waals surface area contributed by atoms with Crippen LogP contribution in [0.1, 0.15) is 26.2 Å². The summed E-state index contributed by atoms with van der Waals surface area (Å²) in [5.41, 5.74) is 0. The maximum atomic E-state index is 11.4. The van der Waals surface area contributed by atoms with Crippen LogP contribution in [-0.2, 0) is 4.79 Å². The molecule has 0 heterocycles. The van der Waals surface area contributed by atoms with Crippen LogP contribution in [0.4, 0.5) is 0 Å². The van der Waals surface area contributed by atoms with Crippen LogP contribution >= 0.6 is 0 Å². The first-order valence-electron chi connectivity index (χ1n) is 6.41. The van der Waals surface area contributed by atoms with Crippen molar-refractivity contribution in [1.29, 1.82) is 5.41 Å². The predicted octanol–water partition coefficient (Wildman–Crippen LogP) is 0.464. The molecule has 0 aliphatic heterocycles. The Kier molecular flexibility index (Phi) is 10.9. The zero-order valence-corrected chi connectivity index (χ0v) is 11.1. The molecule has 0 saturated carbocycles. The van der Waals surface area contributed by atoms with E-state index in [2.05, 4.69) is 10.6 Å². The highest BCUT2D eigenvalue weighted by Gasteiger charge is 2.08. The summed E-state index contributed by atoms with van der Waals surface area (Å²) in [4.78, 5) is 13.1. The molecule has 100 valence electrons. The highest BCUT2D eigenvalue weighted by Crippen LogP contribution is 1.93. The molecule has 0 aliphatic carbocycles. The van der Waals surface area contributed by atoms with E-state index in [9.17, 15) is 4.79 Å². The van der Waals surface area contributed by atoms with Crippen LogP contribution in [-0.4, -0.2) is 56.8 Å². The van der Waals surface area contributed by atoms with Crippen molar-refractivity contribution in [2.24, 2.45) is 0 Å². The number of hydrogen-bond donors (Lipinski definition) is 3. The molecule has 5 nitrogen and oxygen atoms in total. The topological polar surface area (TPSA) is 68.2 Å². The van der Waals surface area contributed by atoms with Gasteiger partial charge in [0.05, 0.1) is 6.21 Å². The number of carbonyl (C=O) groups excluding carboxylic acids is 1. The molecule has 0 radical (unpaired) electrons. The average Bonchev–Trinajstić information content (AvgIpc) is 2.35. The molecular formula is C12H26N4O. The van der Waals surface area contributed by atoms with Crippen LogP contribution < -0.4 is 10.6 Å². The molecule has 0 bridgehead atoms. The third-order valence-electron chi connectivity index (χ3n) is 2.49. The molecular weight excluding hydrogens is 216 g/mol. The maximum absolute atomic E-state index is 11.4. The van der Waals surface area contributed by atoms with E-state index in [1.54, 1.807) is 4.90 Å². The van der Waals surface area contributed by atoms with Gasteiger partial charge in [-0.3, -0.25) is 4.79 Å². The molecule has 0 aromatic rings. The van der Waals surface area contributed by atoms with E-state index in [1.165, 1.54) is 0 Å². The quantitative estimate of drug-likeness (QED) is 0.364. The summed E-state index contributed by atoms with van der Waals surface area (Å²) in [5, 5.41) is 13.4. The number of rotatable bonds is 11. The Morgan fingerprint density at radius 1 is 1.24 bits per heavy atom. The monoisotopic (exact) mass is 242 g/mol. The number of carbonyl (C=O) groups is 1. The van der Waals surface area contributed by atoms with E-state index in [0.29, 0.717) is 0 Å². The van der Waals surface area contributed by atoms with Gasteiger partial charge in [-0.2, -0.15) is 0 Å². The molecule has 1 amide bonds. The summed E-state index contributed by atoms with van der Waals surface area (Å²) in [6, 6.07) is 0. The Bertz CT molecular complexity index is 209. The maximum Gasteiger partial charge on any atom is 0.264 e. The minimum Gasteiger partial charge on any atom is -0.338 e. The van der Waals surface area contributed by atoms with Crippen LogP contribution in [0.15, 0.2) is 0 Å². The lowest BCUT2D eigenvalue weighted by molar-refractivity contribution is -0.123. The van der Waals surface area contributed by atoms with E-state index in [0.717, 1.165) is 58.2 Å². The summed E-state index contributed by atoms with van der Waals surface area (Å²) in [5.74, 6) is -0.179. The SMILES string of the molecule is CCCN(CCCNCCCNC)C(=O)C=N. The lowest BCUT2D eigenvalue weighted by atomic mass is 10.3. The van der Waals surface area contributed by atoms with Crippen molar-refractivity contribution in [3.63, 3.8) is 0 Å². The molecule has 0 unspecified atom stereocenters. The van der Waals surface area contributed by atoms with Gasteiger partial charge in [0.15, 0.2) is 0 Å². The zero-order valence-electron chi connectivity index (χ0n) is 11.1. The van der Waals surface area contributed by atoms with Crippen molar-refractivity contribution in [2.45, 2.75) is 26.2 Å². The third-order valence-corrected chi connectivity index (χ3v) is 2.49. The lowest BCUT2D eigenvalue weighted by Gasteiger charge is -2.19. The lowest BCUT2D eigenvalue weighted by Crippen LogP contribution is -2.34. The first-order chi connectivity index (χ1) is 8.26. The van der Waals surface area contributed by atoms with Crippen LogP contribution in [0, 0.1) is 5.41 Å². The Hall–Kier alpha value is -0.940. The van der Waals surface area contributed by atoms with E-state index < -0.39 is 0 Å². The van der Waals surface area contributed by atoms with E-state index >= 15 is 0 Å². The standard InChI is InChI=1S/C12H26N4O/c1-3-9-16(12(17)11-13)10-5-8-15-7-4-6-14-2/h11,13-15H,3-10H2,1-2H3. The molecule has 0 atom stereocenters. The number of hydrogen-bond acceptors (Lipinski definition) is 4. The van der Waals surface area contributed by atoms with Crippen molar-refractivity contribution in [3.8, 4) is 0 Å². The molecule has 3 N–H and O–H groups in total. The Labute approximate surface area is 104 Å². The van der Waals surface area contributed by atoms with Gasteiger partial charge in [0, 0.05) is 13.1 Å². The van der Waals surface area contributed by atoms with Crippen LogP contribution in [0.3, 0.4) is 0 Å². The molecule has 0 aromatic heterocycles. The zero-order chi connectivity index (χ0) is 12.9. The van der Waals surface area contributed by atoms with E-state index in [1.807, 2.05) is 14.0 Å². The fraction of sp³-hybridized carbons (Fsp3) is 0.833. The van der Waals surface area contributed by atoms with Crippen LogP contribution in [0.25, 0.3) is 0 Å². The van der Waals surface area contributed by atoms with Gasteiger partial charge in [-0.1, -0.05) is 6.92 Å². The van der Waals surface area contributed by atoms with Crippen molar-refractivity contribution >= 4 is 12.1 Å². The molecule has 0 rings (SSSR count). The summed E-state index contributed by atoms with van der Waals surface area (Å²) in [6.07, 6.45) is 3.90. The van der Waals surface area contributed by atoms with Gasteiger partial charge in [0.2, 0.25) is 0 Å². The van der Waals surface area contributed by atoms with Crippen LogP contribution in [0.5, 0.6) is 0 Å². The summed E-state index contributed by atoms with van der Waals surface area (Å²) in [6.45, 7) is 6.48. The van der Waals surface area contributed by atoms with Crippen molar-refractivity contribution in [2.75, 3.05) is 39.8 Å². The van der Waals surface area contributed by atoms with Gasteiger partial charge in [0.1, 0.15) is 0 Å². The van der Waals surface area contributed by atoms with Gasteiger partial charge in [-0.05, 0) is 45.9 Å². The first-order valence-corrected chi connectivity index (χ1v) is 6.41. The Morgan fingerprint density at radius 2 is 1.94 bits per heavy atom. The highest BCUT2D eigenvalue weighted by atomic mass is 16.2. The number of amides is 1. The number of nitrogens with zero attached hydrogens (tertiary/aromatic N) is 1. The van der Waals surface area contributed by atoms with Gasteiger partial charge >= 0.3 is 0 Å². The van der Waals surface area contributed by atoms with Gasteiger partial charge in [-0.25, -0.2) is 0 Å². The van der Waals surface area contributed by atoms with Gasteiger partial charge < -0.3 is 20.9 Å².